The molecule has 0 spiro atoms. The van der Waals surface area contributed by atoms with E-state index in [0.29, 0.717) is 6.61 Å². The first kappa shape index (κ1) is 15.2. The van der Waals surface area contributed by atoms with Gasteiger partial charge >= 0.3 is 0 Å². The first-order valence-electron chi connectivity index (χ1n) is 6.59. The normalized spacial score (nSPS) is 11.2. The molecular weight excluding hydrogens is 363 g/mol. The minimum atomic E-state index is -0.192. The van der Waals surface area contributed by atoms with E-state index in [4.69, 9.17) is 9.47 Å². The highest BCUT2D eigenvalue weighted by Gasteiger charge is 2.12. The second kappa shape index (κ2) is 6.48. The molecule has 2 aromatic rings. The molecule has 0 unspecified atom stereocenters. The van der Waals surface area contributed by atoms with Crippen LogP contribution >= 0.6 is 22.6 Å². The fraction of sp³-hybridized carbons (Fsp3) is 0.294. The van der Waals surface area contributed by atoms with E-state index in [1.807, 2.05) is 63.2 Å². The maximum atomic E-state index is 5.91. The number of ether oxygens (including phenoxy) is 2. The molecule has 0 aliphatic heterocycles. The largest absolute Gasteiger partial charge is 0.489 e. The standard InChI is InChI=1S/C17H19IO2/c1-17(2,3)20-16-10-13(9-14(18)11-16)12-19-15-7-5-4-6-8-15/h4-11H,12H2,1-3H3. The number of hydrogen-bond donors (Lipinski definition) is 0. The van der Waals surface area contributed by atoms with Gasteiger partial charge in [-0.2, -0.15) is 0 Å². The molecule has 0 saturated carbocycles. The zero-order chi connectivity index (χ0) is 14.6. The number of para-hydroxylation sites is 1. The fourth-order valence-corrected chi connectivity index (χ4v) is 2.51. The van der Waals surface area contributed by atoms with Gasteiger partial charge in [0.05, 0.1) is 0 Å². The van der Waals surface area contributed by atoms with Crippen molar-refractivity contribution >= 4 is 22.6 Å². The molecule has 0 aromatic heterocycles. The van der Waals surface area contributed by atoms with Gasteiger partial charge in [-0.3, -0.25) is 0 Å². The molecule has 2 nitrogen and oxygen atoms in total. The number of benzene rings is 2. The van der Waals surface area contributed by atoms with E-state index in [2.05, 4.69) is 28.7 Å². The Morgan fingerprint density at radius 2 is 1.65 bits per heavy atom. The predicted molar refractivity (Wildman–Crippen MR) is 90.3 cm³/mol. The van der Waals surface area contributed by atoms with Crippen molar-refractivity contribution in [3.05, 3.63) is 57.7 Å². The second-order valence-corrected chi connectivity index (χ2v) is 6.86. The topological polar surface area (TPSA) is 18.5 Å². The minimum Gasteiger partial charge on any atom is -0.489 e. The van der Waals surface area contributed by atoms with Crippen LogP contribution in [0.4, 0.5) is 0 Å². The van der Waals surface area contributed by atoms with Crippen LogP contribution in [0.1, 0.15) is 26.3 Å². The first-order chi connectivity index (χ1) is 9.42. The van der Waals surface area contributed by atoms with Crippen molar-refractivity contribution in [3.8, 4) is 11.5 Å². The predicted octanol–water partition coefficient (Wildman–Crippen LogP) is 5.05. The van der Waals surface area contributed by atoms with Gasteiger partial charge in [-0.1, -0.05) is 18.2 Å². The molecule has 0 atom stereocenters. The van der Waals surface area contributed by atoms with Gasteiger partial charge in [0, 0.05) is 3.57 Å². The van der Waals surface area contributed by atoms with E-state index in [1.54, 1.807) is 0 Å². The van der Waals surface area contributed by atoms with Gasteiger partial charge in [-0.05, 0) is 79.3 Å². The smallest absolute Gasteiger partial charge is 0.121 e. The molecule has 0 aliphatic carbocycles. The van der Waals surface area contributed by atoms with Crippen molar-refractivity contribution in [2.45, 2.75) is 33.0 Å². The van der Waals surface area contributed by atoms with Crippen LogP contribution in [0.15, 0.2) is 48.5 Å². The lowest BCUT2D eigenvalue weighted by Crippen LogP contribution is -2.23. The molecule has 106 valence electrons. The molecular formula is C17H19IO2. The Labute approximate surface area is 134 Å². The quantitative estimate of drug-likeness (QED) is 0.690. The van der Waals surface area contributed by atoms with Crippen molar-refractivity contribution in [1.29, 1.82) is 0 Å². The monoisotopic (exact) mass is 382 g/mol. The molecule has 0 radical (unpaired) electrons. The molecule has 0 saturated heterocycles. The molecule has 3 heteroatoms. The van der Waals surface area contributed by atoms with Crippen LogP contribution in [-0.2, 0) is 6.61 Å². The highest BCUT2D eigenvalue weighted by atomic mass is 127. The highest BCUT2D eigenvalue weighted by molar-refractivity contribution is 14.1. The van der Waals surface area contributed by atoms with Crippen molar-refractivity contribution in [2.75, 3.05) is 0 Å². The van der Waals surface area contributed by atoms with Crippen LogP contribution in [0.25, 0.3) is 0 Å². The summed E-state index contributed by atoms with van der Waals surface area (Å²) in [6.45, 7) is 6.69. The third-order valence-corrected chi connectivity index (χ3v) is 3.13. The van der Waals surface area contributed by atoms with E-state index in [-0.39, 0.29) is 5.60 Å². The van der Waals surface area contributed by atoms with Gasteiger partial charge in [0.25, 0.3) is 0 Å². The summed E-state index contributed by atoms with van der Waals surface area (Å²) in [5, 5.41) is 0. The Morgan fingerprint density at radius 3 is 2.30 bits per heavy atom. The van der Waals surface area contributed by atoms with Crippen molar-refractivity contribution in [3.63, 3.8) is 0 Å². The lowest BCUT2D eigenvalue weighted by molar-refractivity contribution is 0.130. The first-order valence-corrected chi connectivity index (χ1v) is 7.67. The summed E-state index contributed by atoms with van der Waals surface area (Å²) in [6, 6.07) is 16.0. The molecule has 2 rings (SSSR count). The van der Waals surface area contributed by atoms with E-state index < -0.39 is 0 Å². The van der Waals surface area contributed by atoms with E-state index in [1.165, 1.54) is 0 Å². The Hall–Kier alpha value is -1.23. The van der Waals surface area contributed by atoms with E-state index in [9.17, 15) is 0 Å². The van der Waals surface area contributed by atoms with Crippen LogP contribution in [0, 0.1) is 3.57 Å². The van der Waals surface area contributed by atoms with Crippen LogP contribution in [0.2, 0.25) is 0 Å². The number of rotatable bonds is 4. The Balaban J connectivity index is 2.08. The minimum absolute atomic E-state index is 0.192. The molecule has 0 fully saturated rings. The summed E-state index contributed by atoms with van der Waals surface area (Å²) in [4.78, 5) is 0. The van der Waals surface area contributed by atoms with Crippen LogP contribution in [-0.4, -0.2) is 5.60 Å². The lowest BCUT2D eigenvalue weighted by atomic mass is 10.1. The summed E-state index contributed by atoms with van der Waals surface area (Å²) in [6.07, 6.45) is 0. The Morgan fingerprint density at radius 1 is 0.950 bits per heavy atom. The lowest BCUT2D eigenvalue weighted by Gasteiger charge is -2.22. The van der Waals surface area contributed by atoms with Gasteiger partial charge in [0.2, 0.25) is 0 Å². The SMILES string of the molecule is CC(C)(C)Oc1cc(I)cc(COc2ccccc2)c1. The maximum Gasteiger partial charge on any atom is 0.121 e. The highest BCUT2D eigenvalue weighted by Crippen LogP contribution is 2.23. The maximum absolute atomic E-state index is 5.91. The van der Waals surface area contributed by atoms with Gasteiger partial charge in [0.1, 0.15) is 23.7 Å². The Kier molecular flexibility index (Phi) is 4.91. The number of hydrogen-bond acceptors (Lipinski definition) is 2. The summed E-state index contributed by atoms with van der Waals surface area (Å²) in [5.41, 5.74) is 0.919. The van der Waals surface area contributed by atoms with E-state index in [0.717, 1.165) is 20.6 Å². The molecule has 0 bridgehead atoms. The molecule has 0 N–H and O–H groups in total. The number of halogens is 1. The zero-order valence-electron chi connectivity index (χ0n) is 12.0. The molecule has 0 aliphatic rings. The molecule has 0 heterocycles. The van der Waals surface area contributed by atoms with Crippen LogP contribution in [0.5, 0.6) is 11.5 Å². The summed E-state index contributed by atoms with van der Waals surface area (Å²) >= 11 is 2.30. The van der Waals surface area contributed by atoms with Crippen molar-refractivity contribution in [1.82, 2.24) is 0 Å². The van der Waals surface area contributed by atoms with Gasteiger partial charge in [-0.15, -0.1) is 0 Å². The zero-order valence-corrected chi connectivity index (χ0v) is 14.2. The average Bonchev–Trinajstić information content (AvgIpc) is 2.35. The summed E-state index contributed by atoms with van der Waals surface area (Å²) in [7, 11) is 0. The second-order valence-electron chi connectivity index (χ2n) is 5.61. The average molecular weight is 382 g/mol. The molecule has 0 amide bonds. The molecule has 2 aromatic carbocycles. The van der Waals surface area contributed by atoms with E-state index >= 15 is 0 Å². The van der Waals surface area contributed by atoms with Gasteiger partial charge < -0.3 is 9.47 Å². The van der Waals surface area contributed by atoms with Crippen LogP contribution in [0.3, 0.4) is 0 Å². The van der Waals surface area contributed by atoms with Crippen molar-refractivity contribution in [2.24, 2.45) is 0 Å². The van der Waals surface area contributed by atoms with Crippen molar-refractivity contribution < 1.29 is 9.47 Å². The van der Waals surface area contributed by atoms with Gasteiger partial charge in [-0.25, -0.2) is 0 Å². The molecule has 20 heavy (non-hydrogen) atoms. The van der Waals surface area contributed by atoms with Crippen LogP contribution < -0.4 is 9.47 Å². The fourth-order valence-electron chi connectivity index (χ4n) is 1.80. The summed E-state index contributed by atoms with van der Waals surface area (Å²) in [5.74, 6) is 1.76. The summed E-state index contributed by atoms with van der Waals surface area (Å²) < 4.78 is 12.8. The third kappa shape index (κ3) is 5.04. The Bertz CT molecular complexity index is 559. The third-order valence-electron chi connectivity index (χ3n) is 2.50. The van der Waals surface area contributed by atoms with Gasteiger partial charge in [0.15, 0.2) is 0 Å².